The Bertz CT molecular complexity index is 1530. The molecule has 4 atom stereocenters. The highest BCUT2D eigenvalue weighted by molar-refractivity contribution is 7.17. The molecule has 1 saturated heterocycles. The van der Waals surface area contributed by atoms with Gasteiger partial charge in [0.15, 0.2) is 5.01 Å². The van der Waals surface area contributed by atoms with E-state index in [9.17, 15) is 9.90 Å². The third kappa shape index (κ3) is 5.18. The van der Waals surface area contributed by atoms with Gasteiger partial charge in [0.1, 0.15) is 27.3 Å². The van der Waals surface area contributed by atoms with Gasteiger partial charge in [0.25, 0.3) is 5.91 Å². The lowest BCUT2D eigenvalue weighted by Gasteiger charge is -2.36. The van der Waals surface area contributed by atoms with Crippen molar-refractivity contribution in [1.82, 2.24) is 24.8 Å². The van der Waals surface area contributed by atoms with Crippen molar-refractivity contribution < 1.29 is 19.0 Å². The number of halogens is 2. The molecule has 1 aromatic carbocycles. The zero-order chi connectivity index (χ0) is 27.8. The molecule has 0 unspecified atom stereocenters. The molecule has 3 aromatic heterocycles. The summed E-state index contributed by atoms with van der Waals surface area (Å²) in [5.74, 6) is 0.620. The van der Waals surface area contributed by atoms with Crippen LogP contribution in [0.25, 0.3) is 22.4 Å². The first-order valence-electron chi connectivity index (χ1n) is 13.4. The van der Waals surface area contributed by atoms with Crippen LogP contribution in [0.5, 0.6) is 0 Å². The molecule has 6 rings (SSSR count). The number of thiazole rings is 1. The largest absolute Gasteiger partial charge is 0.394 e. The zero-order valence-electron chi connectivity index (χ0n) is 22.0. The Labute approximate surface area is 240 Å². The van der Waals surface area contributed by atoms with Crippen molar-refractivity contribution >= 4 is 45.7 Å². The average Bonchev–Trinajstić information content (AvgIpc) is 3.70. The molecule has 0 spiro atoms. The van der Waals surface area contributed by atoms with Crippen molar-refractivity contribution in [3.05, 3.63) is 57.9 Å². The van der Waals surface area contributed by atoms with Crippen LogP contribution in [0.15, 0.2) is 42.7 Å². The number of hydrogen-bond acceptors (Lipinski definition) is 8. The molecule has 12 heteroatoms. The lowest BCUT2D eigenvalue weighted by atomic mass is 9.88. The molecule has 1 aliphatic carbocycles. The summed E-state index contributed by atoms with van der Waals surface area (Å²) in [5, 5.41) is 13.3. The molecule has 2 N–H and O–H groups in total. The number of rotatable bonds is 7. The third-order valence-electron chi connectivity index (χ3n) is 7.90. The standard InChI is InChI=1S/C28H30ClFN6O3S/c1-39-19-10-16(33-27(38)28-32-14-24(29)40-28)9-18(11-19)36-23-12-25(35-8-4-5-17(35)15-37)31-13-22(23)34-26(36)20-6-2-3-7-21(20)30/h2-3,6-7,12-14,16-19,37H,4-5,8-11,15H2,1H3,(H,33,38)/t16-,17+,18+,19+/m1/s1. The van der Waals surface area contributed by atoms with Gasteiger partial charge in [-0.15, -0.1) is 0 Å². The van der Waals surface area contributed by atoms with Gasteiger partial charge in [0, 0.05) is 31.8 Å². The van der Waals surface area contributed by atoms with Gasteiger partial charge < -0.3 is 24.6 Å². The fourth-order valence-electron chi connectivity index (χ4n) is 6.04. The van der Waals surface area contributed by atoms with Crippen molar-refractivity contribution in [1.29, 1.82) is 0 Å². The highest BCUT2D eigenvalue weighted by Gasteiger charge is 2.34. The molecule has 1 aliphatic heterocycles. The van der Waals surface area contributed by atoms with Gasteiger partial charge in [-0.1, -0.05) is 35.1 Å². The molecular formula is C28H30ClFN6O3S. The van der Waals surface area contributed by atoms with E-state index in [1.54, 1.807) is 31.5 Å². The van der Waals surface area contributed by atoms with E-state index in [-0.39, 0.29) is 42.6 Å². The second-order valence-electron chi connectivity index (χ2n) is 10.3. The Kier molecular flexibility index (Phi) is 7.71. The number of amides is 1. The fraction of sp³-hybridized carbons (Fsp3) is 0.429. The summed E-state index contributed by atoms with van der Waals surface area (Å²) in [6.45, 7) is 0.866. The van der Waals surface area contributed by atoms with Crippen molar-refractivity contribution in [2.75, 3.05) is 25.2 Å². The van der Waals surface area contributed by atoms with Crippen LogP contribution < -0.4 is 10.2 Å². The van der Waals surface area contributed by atoms with Gasteiger partial charge in [-0.05, 0) is 44.2 Å². The molecule has 2 aliphatic rings. The first-order valence-corrected chi connectivity index (χ1v) is 14.6. The van der Waals surface area contributed by atoms with Gasteiger partial charge in [-0.25, -0.2) is 19.3 Å². The summed E-state index contributed by atoms with van der Waals surface area (Å²) in [4.78, 5) is 28.7. The van der Waals surface area contributed by atoms with E-state index in [1.807, 2.05) is 6.07 Å². The Morgan fingerprint density at radius 1 is 1.25 bits per heavy atom. The Balaban J connectivity index is 1.42. The minimum atomic E-state index is -0.364. The van der Waals surface area contributed by atoms with Gasteiger partial charge in [-0.2, -0.15) is 0 Å². The molecule has 0 radical (unpaired) electrons. The number of benzene rings is 1. The summed E-state index contributed by atoms with van der Waals surface area (Å²) >= 11 is 7.13. The number of anilines is 1. The van der Waals surface area contributed by atoms with E-state index in [0.717, 1.165) is 42.1 Å². The van der Waals surface area contributed by atoms with Crippen molar-refractivity contribution in [3.8, 4) is 11.4 Å². The van der Waals surface area contributed by atoms with Crippen molar-refractivity contribution in [3.63, 3.8) is 0 Å². The first kappa shape index (κ1) is 27.1. The number of methoxy groups -OCH3 is 1. The molecule has 4 aromatic rings. The van der Waals surface area contributed by atoms with Crippen LogP contribution in [0.4, 0.5) is 10.2 Å². The Hall–Kier alpha value is -3.12. The molecular weight excluding hydrogens is 555 g/mol. The summed E-state index contributed by atoms with van der Waals surface area (Å²) in [7, 11) is 1.67. The van der Waals surface area contributed by atoms with E-state index < -0.39 is 0 Å². The first-order chi connectivity index (χ1) is 19.4. The molecule has 2 fully saturated rings. The normalized spacial score (nSPS) is 23.1. The molecule has 1 saturated carbocycles. The second-order valence-corrected chi connectivity index (χ2v) is 12.0. The van der Waals surface area contributed by atoms with Crippen LogP contribution >= 0.6 is 22.9 Å². The highest BCUT2D eigenvalue weighted by Crippen LogP contribution is 2.39. The van der Waals surface area contributed by atoms with Gasteiger partial charge in [0.05, 0.1) is 42.2 Å². The van der Waals surface area contributed by atoms with Crippen LogP contribution in [0, 0.1) is 5.82 Å². The summed E-state index contributed by atoms with van der Waals surface area (Å²) in [5.41, 5.74) is 1.87. The quantitative estimate of drug-likeness (QED) is 0.320. The number of nitrogens with zero attached hydrogens (tertiary/aromatic N) is 5. The number of fused-ring (bicyclic) bond motifs is 1. The predicted molar refractivity (Wildman–Crippen MR) is 152 cm³/mol. The number of aliphatic hydroxyl groups is 1. The van der Waals surface area contributed by atoms with E-state index in [0.29, 0.717) is 45.5 Å². The molecule has 0 bridgehead atoms. The minimum absolute atomic E-state index is 0.0128. The third-order valence-corrected chi connectivity index (χ3v) is 9.02. The van der Waals surface area contributed by atoms with E-state index in [4.69, 9.17) is 21.3 Å². The Morgan fingerprint density at radius 2 is 2.10 bits per heavy atom. The van der Waals surface area contributed by atoms with Crippen molar-refractivity contribution in [2.24, 2.45) is 0 Å². The number of pyridine rings is 1. The number of aliphatic hydroxyl groups excluding tert-OH is 1. The number of hydrogen-bond donors (Lipinski definition) is 2. The van der Waals surface area contributed by atoms with Crippen LogP contribution in [-0.4, -0.2) is 69.0 Å². The summed E-state index contributed by atoms with van der Waals surface area (Å²) < 4.78 is 23.5. The second kappa shape index (κ2) is 11.4. The van der Waals surface area contributed by atoms with Crippen molar-refractivity contribution in [2.45, 2.75) is 56.3 Å². The summed E-state index contributed by atoms with van der Waals surface area (Å²) in [6, 6.07) is 8.26. The van der Waals surface area contributed by atoms with Gasteiger partial charge >= 0.3 is 0 Å². The number of carbonyl (C=O) groups is 1. The molecule has 9 nitrogen and oxygen atoms in total. The van der Waals surface area contributed by atoms with E-state index in [1.165, 1.54) is 12.3 Å². The Morgan fingerprint density at radius 3 is 2.85 bits per heavy atom. The lowest BCUT2D eigenvalue weighted by molar-refractivity contribution is 0.0398. The minimum Gasteiger partial charge on any atom is -0.394 e. The predicted octanol–water partition coefficient (Wildman–Crippen LogP) is 4.85. The zero-order valence-corrected chi connectivity index (χ0v) is 23.5. The SMILES string of the molecule is CO[C@H]1C[C@H](NC(=O)c2ncc(Cl)s2)C[C@H](n2c(-c3ccccc3F)nc3cnc(N4CCC[C@H]4CO)cc32)C1. The van der Waals surface area contributed by atoms with E-state index in [2.05, 4.69) is 24.8 Å². The number of aromatic nitrogens is 4. The fourth-order valence-corrected chi connectivity index (χ4v) is 6.86. The lowest BCUT2D eigenvalue weighted by Crippen LogP contribution is -2.43. The molecule has 210 valence electrons. The number of nitrogens with one attached hydrogen (secondary N) is 1. The van der Waals surface area contributed by atoms with Gasteiger partial charge in [0.2, 0.25) is 0 Å². The molecule has 4 heterocycles. The summed E-state index contributed by atoms with van der Waals surface area (Å²) in [6.07, 6.45) is 6.84. The number of ether oxygens (including phenoxy) is 1. The maximum absolute atomic E-state index is 15.2. The van der Waals surface area contributed by atoms with Gasteiger partial charge in [-0.3, -0.25) is 4.79 Å². The smallest absolute Gasteiger partial charge is 0.280 e. The number of carbonyl (C=O) groups excluding carboxylic acids is 1. The monoisotopic (exact) mass is 584 g/mol. The maximum atomic E-state index is 15.2. The van der Waals surface area contributed by atoms with Crippen LogP contribution in [0.2, 0.25) is 4.34 Å². The van der Waals surface area contributed by atoms with E-state index >= 15 is 4.39 Å². The molecule has 1 amide bonds. The maximum Gasteiger partial charge on any atom is 0.280 e. The number of imidazole rings is 1. The highest BCUT2D eigenvalue weighted by atomic mass is 35.5. The van der Waals surface area contributed by atoms with Crippen LogP contribution in [-0.2, 0) is 4.74 Å². The van der Waals surface area contributed by atoms with Crippen LogP contribution in [0.3, 0.4) is 0 Å². The topological polar surface area (TPSA) is 105 Å². The average molecular weight is 585 g/mol. The van der Waals surface area contributed by atoms with Crippen LogP contribution in [0.1, 0.15) is 47.9 Å². The molecule has 40 heavy (non-hydrogen) atoms.